The number of aromatic nitrogens is 4. The van der Waals surface area contributed by atoms with Crippen LogP contribution in [0.15, 0.2) is 23.1 Å². The van der Waals surface area contributed by atoms with Gasteiger partial charge in [0.05, 0.1) is 18.3 Å². The van der Waals surface area contributed by atoms with Crippen LogP contribution in [0.1, 0.15) is 49.7 Å². The average molecular weight is 307 g/mol. The Morgan fingerprint density at radius 2 is 2.10 bits per heavy atom. The van der Waals surface area contributed by atoms with Crippen LogP contribution in [0.4, 0.5) is 0 Å². The van der Waals surface area contributed by atoms with E-state index in [-0.39, 0.29) is 10.7 Å². The summed E-state index contributed by atoms with van der Waals surface area (Å²) in [5.74, 6) is 0.611. The molecule has 0 aliphatic heterocycles. The zero-order chi connectivity index (χ0) is 14.8. The minimum Gasteiger partial charge on any atom is -0.291 e. The van der Waals surface area contributed by atoms with Crippen LogP contribution in [0.2, 0.25) is 5.15 Å². The molecule has 0 atom stereocenters. The highest BCUT2D eigenvalue weighted by Crippen LogP contribution is 2.27. The lowest BCUT2D eigenvalue weighted by Gasteiger charge is -2.21. The molecular formula is C15H19ClN4O. The van der Waals surface area contributed by atoms with Gasteiger partial charge in [-0.25, -0.2) is 4.98 Å². The summed E-state index contributed by atoms with van der Waals surface area (Å²) in [5, 5.41) is 4.87. The lowest BCUT2D eigenvalue weighted by Crippen LogP contribution is -2.23. The van der Waals surface area contributed by atoms with Gasteiger partial charge in [0, 0.05) is 12.3 Å². The first-order chi connectivity index (χ1) is 10.1. The maximum absolute atomic E-state index is 12.0. The van der Waals surface area contributed by atoms with Crippen molar-refractivity contribution in [1.29, 1.82) is 0 Å². The molecule has 2 heterocycles. The van der Waals surface area contributed by atoms with Crippen LogP contribution in [-0.2, 0) is 6.54 Å². The third-order valence-corrected chi connectivity index (χ3v) is 4.29. The third kappa shape index (κ3) is 3.18. The maximum Gasteiger partial charge on any atom is 0.255 e. The van der Waals surface area contributed by atoms with Crippen LogP contribution in [0.25, 0.3) is 0 Å². The lowest BCUT2D eigenvalue weighted by atomic mass is 9.96. The molecule has 112 valence electrons. The second kappa shape index (κ2) is 6.02. The van der Waals surface area contributed by atoms with E-state index in [2.05, 4.69) is 14.8 Å². The summed E-state index contributed by atoms with van der Waals surface area (Å²) in [5.41, 5.74) is 0.745. The Labute approximate surface area is 128 Å². The zero-order valence-electron chi connectivity index (χ0n) is 12.1. The normalized spacial score (nSPS) is 16.3. The van der Waals surface area contributed by atoms with Crippen LogP contribution in [0.3, 0.4) is 0 Å². The SMILES string of the molecule is Cc1nc(Cl)cc(=O)n1Cc1ccn(C2CCCCC2)n1. The third-order valence-electron chi connectivity index (χ3n) is 4.10. The van der Waals surface area contributed by atoms with Crippen LogP contribution in [0, 0.1) is 6.92 Å². The minimum absolute atomic E-state index is 0.139. The molecule has 21 heavy (non-hydrogen) atoms. The van der Waals surface area contributed by atoms with Gasteiger partial charge in [-0.3, -0.25) is 14.0 Å². The molecule has 2 aromatic heterocycles. The van der Waals surface area contributed by atoms with Crippen LogP contribution in [-0.4, -0.2) is 19.3 Å². The van der Waals surface area contributed by atoms with Crippen molar-refractivity contribution in [1.82, 2.24) is 19.3 Å². The molecule has 0 radical (unpaired) electrons. The first kappa shape index (κ1) is 14.3. The maximum atomic E-state index is 12.0. The number of hydrogen-bond acceptors (Lipinski definition) is 3. The van der Waals surface area contributed by atoms with E-state index in [0.717, 1.165) is 5.69 Å². The van der Waals surface area contributed by atoms with Gasteiger partial charge in [-0.05, 0) is 25.8 Å². The second-order valence-corrected chi connectivity index (χ2v) is 6.02. The molecule has 0 spiro atoms. The zero-order valence-corrected chi connectivity index (χ0v) is 12.9. The largest absolute Gasteiger partial charge is 0.291 e. The highest BCUT2D eigenvalue weighted by Gasteiger charge is 2.16. The Morgan fingerprint density at radius 3 is 2.81 bits per heavy atom. The molecule has 5 nitrogen and oxygen atoms in total. The predicted octanol–water partition coefficient (Wildman–Crippen LogP) is 2.96. The first-order valence-corrected chi connectivity index (χ1v) is 7.79. The molecule has 1 saturated carbocycles. The number of nitrogens with zero attached hydrogens (tertiary/aromatic N) is 4. The Kier molecular flexibility index (Phi) is 4.10. The molecule has 0 amide bonds. The van der Waals surface area contributed by atoms with Gasteiger partial charge in [-0.2, -0.15) is 5.10 Å². The molecular weight excluding hydrogens is 288 g/mol. The molecule has 0 aromatic carbocycles. The number of halogens is 1. The van der Waals surface area contributed by atoms with E-state index < -0.39 is 0 Å². The Balaban J connectivity index is 1.80. The van der Waals surface area contributed by atoms with Crippen molar-refractivity contribution in [3.8, 4) is 0 Å². The van der Waals surface area contributed by atoms with Gasteiger partial charge < -0.3 is 0 Å². The van der Waals surface area contributed by atoms with Crippen LogP contribution >= 0.6 is 11.6 Å². The molecule has 0 bridgehead atoms. The summed E-state index contributed by atoms with van der Waals surface area (Å²) in [6.07, 6.45) is 8.30. The number of aryl methyl sites for hydroxylation is 1. The Bertz CT molecular complexity index is 685. The minimum atomic E-state index is -0.139. The van der Waals surface area contributed by atoms with Crippen LogP contribution in [0.5, 0.6) is 0 Å². The summed E-state index contributed by atoms with van der Waals surface area (Å²) < 4.78 is 3.65. The van der Waals surface area contributed by atoms with E-state index in [9.17, 15) is 4.79 Å². The molecule has 0 N–H and O–H groups in total. The molecule has 0 saturated heterocycles. The van der Waals surface area contributed by atoms with Gasteiger partial charge in [0.25, 0.3) is 5.56 Å². The van der Waals surface area contributed by atoms with Gasteiger partial charge >= 0.3 is 0 Å². The van der Waals surface area contributed by atoms with E-state index in [1.807, 2.05) is 12.3 Å². The van der Waals surface area contributed by atoms with Crippen molar-refractivity contribution >= 4 is 11.6 Å². The lowest BCUT2D eigenvalue weighted by molar-refractivity contribution is 0.327. The van der Waals surface area contributed by atoms with E-state index >= 15 is 0 Å². The molecule has 2 aromatic rings. The Morgan fingerprint density at radius 1 is 1.33 bits per heavy atom. The monoisotopic (exact) mass is 306 g/mol. The van der Waals surface area contributed by atoms with Crippen molar-refractivity contribution < 1.29 is 0 Å². The van der Waals surface area contributed by atoms with Gasteiger partial charge in [-0.15, -0.1) is 0 Å². The second-order valence-electron chi connectivity index (χ2n) is 5.63. The number of rotatable bonds is 3. The highest BCUT2D eigenvalue weighted by atomic mass is 35.5. The molecule has 1 fully saturated rings. The summed E-state index contributed by atoms with van der Waals surface area (Å²) in [6.45, 7) is 2.22. The fraction of sp³-hybridized carbons (Fsp3) is 0.533. The highest BCUT2D eigenvalue weighted by molar-refractivity contribution is 6.29. The summed E-state index contributed by atoms with van der Waals surface area (Å²) in [7, 11) is 0. The summed E-state index contributed by atoms with van der Waals surface area (Å²) >= 11 is 5.79. The Hall–Kier alpha value is -1.62. The van der Waals surface area contributed by atoms with E-state index in [4.69, 9.17) is 11.6 Å². The van der Waals surface area contributed by atoms with Crippen molar-refractivity contribution in [3.05, 3.63) is 45.4 Å². The molecule has 1 aliphatic carbocycles. The fourth-order valence-corrected chi connectivity index (χ4v) is 3.17. The van der Waals surface area contributed by atoms with Crippen molar-refractivity contribution in [2.24, 2.45) is 0 Å². The van der Waals surface area contributed by atoms with E-state index in [0.29, 0.717) is 18.4 Å². The predicted molar refractivity (Wildman–Crippen MR) is 81.7 cm³/mol. The fourth-order valence-electron chi connectivity index (χ4n) is 2.95. The van der Waals surface area contributed by atoms with Gasteiger partial charge in [0.2, 0.25) is 0 Å². The molecule has 1 aliphatic rings. The first-order valence-electron chi connectivity index (χ1n) is 7.41. The summed E-state index contributed by atoms with van der Waals surface area (Å²) in [6, 6.07) is 3.83. The van der Waals surface area contributed by atoms with Gasteiger partial charge in [0.15, 0.2) is 0 Å². The topological polar surface area (TPSA) is 52.7 Å². The quantitative estimate of drug-likeness (QED) is 0.819. The molecule has 0 unspecified atom stereocenters. The van der Waals surface area contributed by atoms with Crippen molar-refractivity contribution in [3.63, 3.8) is 0 Å². The van der Waals surface area contributed by atoms with Crippen LogP contribution < -0.4 is 5.56 Å². The number of hydrogen-bond donors (Lipinski definition) is 0. The smallest absolute Gasteiger partial charge is 0.255 e. The standard InChI is InChI=1S/C15H19ClN4O/c1-11-17-14(16)9-15(21)19(11)10-12-7-8-20(18-12)13-5-3-2-4-6-13/h7-9,13H,2-6,10H2,1H3. The van der Waals surface area contributed by atoms with Gasteiger partial charge in [-0.1, -0.05) is 30.9 Å². The van der Waals surface area contributed by atoms with E-state index in [1.54, 1.807) is 11.5 Å². The van der Waals surface area contributed by atoms with Gasteiger partial charge in [0.1, 0.15) is 11.0 Å². The van der Waals surface area contributed by atoms with Crippen molar-refractivity contribution in [2.45, 2.75) is 51.6 Å². The van der Waals surface area contributed by atoms with E-state index in [1.165, 1.54) is 38.2 Å². The summed E-state index contributed by atoms with van der Waals surface area (Å²) in [4.78, 5) is 16.1. The van der Waals surface area contributed by atoms with Crippen molar-refractivity contribution in [2.75, 3.05) is 0 Å². The molecule has 6 heteroatoms. The molecule has 3 rings (SSSR count). The average Bonchev–Trinajstić information content (AvgIpc) is 2.92.